The molecule has 0 radical (unpaired) electrons. The zero-order valence-corrected chi connectivity index (χ0v) is 18.8. The fourth-order valence-corrected chi connectivity index (χ4v) is 3.86. The van der Waals surface area contributed by atoms with E-state index in [0.717, 1.165) is 6.07 Å². The summed E-state index contributed by atoms with van der Waals surface area (Å²) in [5.41, 5.74) is 1.21. The molecule has 35 heavy (non-hydrogen) atoms. The Morgan fingerprint density at radius 3 is 2.69 bits per heavy atom. The SMILES string of the molecule is O=C1C[C@H](C(=O)Nc2cc(-c3cc(F)cc(COCC(F)(F)F)c3)n(-c3ccccc3Cl)n2)CN1. The lowest BCUT2D eigenvalue weighted by Gasteiger charge is -2.11. The van der Waals surface area contributed by atoms with Crippen LogP contribution in [0.3, 0.4) is 0 Å². The summed E-state index contributed by atoms with van der Waals surface area (Å²) in [6.45, 7) is -1.73. The van der Waals surface area contributed by atoms with Gasteiger partial charge in [0.25, 0.3) is 0 Å². The molecule has 1 aliphatic heterocycles. The molecule has 0 saturated carbocycles. The number of carbonyl (C=O) groups is 2. The van der Waals surface area contributed by atoms with E-state index in [1.165, 1.54) is 22.9 Å². The van der Waals surface area contributed by atoms with Crippen LogP contribution in [0.25, 0.3) is 16.9 Å². The van der Waals surface area contributed by atoms with Crippen LogP contribution in [0.15, 0.2) is 48.5 Å². The minimum Gasteiger partial charge on any atom is -0.367 e. The number of aromatic nitrogens is 2. The van der Waals surface area contributed by atoms with E-state index in [1.54, 1.807) is 24.3 Å². The second-order valence-corrected chi connectivity index (χ2v) is 8.34. The highest BCUT2D eigenvalue weighted by atomic mass is 35.5. The molecule has 0 unspecified atom stereocenters. The average molecular weight is 511 g/mol. The summed E-state index contributed by atoms with van der Waals surface area (Å²) in [6.07, 6.45) is -4.46. The molecular weight excluding hydrogens is 492 g/mol. The van der Waals surface area contributed by atoms with Crippen LogP contribution in [-0.4, -0.2) is 40.9 Å². The monoisotopic (exact) mass is 510 g/mol. The number of anilines is 1. The van der Waals surface area contributed by atoms with Gasteiger partial charge in [-0.25, -0.2) is 9.07 Å². The van der Waals surface area contributed by atoms with Gasteiger partial charge in [0.15, 0.2) is 5.82 Å². The number of halogens is 5. The first-order chi connectivity index (χ1) is 16.6. The number of carbonyl (C=O) groups excluding carboxylic acids is 2. The number of rotatable bonds is 7. The minimum absolute atomic E-state index is 0.0507. The van der Waals surface area contributed by atoms with Crippen LogP contribution in [0.5, 0.6) is 0 Å². The molecule has 2 amide bonds. The highest BCUT2D eigenvalue weighted by Crippen LogP contribution is 2.31. The first-order valence-electron chi connectivity index (χ1n) is 10.5. The molecule has 184 valence electrons. The first-order valence-corrected chi connectivity index (χ1v) is 10.8. The summed E-state index contributed by atoms with van der Waals surface area (Å²) in [7, 11) is 0. The molecular formula is C23H19ClF4N4O3. The van der Waals surface area contributed by atoms with Gasteiger partial charge in [-0.05, 0) is 35.9 Å². The van der Waals surface area contributed by atoms with Crippen molar-refractivity contribution in [1.82, 2.24) is 15.1 Å². The van der Waals surface area contributed by atoms with Crippen molar-refractivity contribution in [2.45, 2.75) is 19.2 Å². The molecule has 2 aromatic carbocycles. The molecule has 3 aromatic rings. The van der Waals surface area contributed by atoms with Crippen LogP contribution in [0.1, 0.15) is 12.0 Å². The number of ether oxygens (including phenoxy) is 1. The van der Waals surface area contributed by atoms with Gasteiger partial charge >= 0.3 is 6.18 Å². The predicted octanol–water partition coefficient (Wildman–Crippen LogP) is 4.49. The summed E-state index contributed by atoms with van der Waals surface area (Å²) in [4.78, 5) is 24.0. The van der Waals surface area contributed by atoms with Crippen molar-refractivity contribution in [3.05, 3.63) is 64.9 Å². The number of nitrogens with one attached hydrogen (secondary N) is 2. The Morgan fingerprint density at radius 1 is 1.23 bits per heavy atom. The van der Waals surface area contributed by atoms with E-state index in [0.29, 0.717) is 16.4 Å². The normalized spacial score (nSPS) is 15.8. The molecule has 0 spiro atoms. The van der Waals surface area contributed by atoms with Gasteiger partial charge in [-0.2, -0.15) is 13.2 Å². The molecule has 12 heteroatoms. The predicted molar refractivity (Wildman–Crippen MR) is 119 cm³/mol. The van der Waals surface area contributed by atoms with E-state index in [4.69, 9.17) is 11.6 Å². The number of para-hydroxylation sites is 1. The van der Waals surface area contributed by atoms with E-state index >= 15 is 0 Å². The van der Waals surface area contributed by atoms with Gasteiger partial charge in [0.1, 0.15) is 12.4 Å². The van der Waals surface area contributed by atoms with Crippen LogP contribution >= 0.6 is 11.6 Å². The van der Waals surface area contributed by atoms with E-state index < -0.39 is 37.0 Å². The Bertz CT molecular complexity index is 1260. The molecule has 2 N–H and O–H groups in total. The third-order valence-corrected chi connectivity index (χ3v) is 5.50. The molecule has 1 aromatic heterocycles. The summed E-state index contributed by atoms with van der Waals surface area (Å²) in [5.74, 6) is -1.78. The van der Waals surface area contributed by atoms with Gasteiger partial charge in [-0.3, -0.25) is 9.59 Å². The lowest BCUT2D eigenvalue weighted by atomic mass is 10.1. The lowest BCUT2D eigenvalue weighted by molar-refractivity contribution is -0.176. The zero-order chi connectivity index (χ0) is 25.2. The maximum Gasteiger partial charge on any atom is 0.411 e. The minimum atomic E-state index is -4.51. The van der Waals surface area contributed by atoms with E-state index in [-0.39, 0.29) is 35.8 Å². The highest BCUT2D eigenvalue weighted by molar-refractivity contribution is 6.32. The van der Waals surface area contributed by atoms with Crippen molar-refractivity contribution in [1.29, 1.82) is 0 Å². The number of nitrogens with zero attached hydrogens (tertiary/aromatic N) is 2. The second-order valence-electron chi connectivity index (χ2n) is 7.93. The van der Waals surface area contributed by atoms with Crippen molar-refractivity contribution >= 4 is 29.2 Å². The molecule has 1 fully saturated rings. The third kappa shape index (κ3) is 6.17. The van der Waals surface area contributed by atoms with Gasteiger partial charge in [0, 0.05) is 24.6 Å². The summed E-state index contributed by atoms with van der Waals surface area (Å²) in [5, 5.41) is 9.96. The van der Waals surface area contributed by atoms with Crippen LogP contribution < -0.4 is 10.6 Å². The molecule has 1 saturated heterocycles. The molecule has 7 nitrogen and oxygen atoms in total. The zero-order valence-electron chi connectivity index (χ0n) is 18.0. The van der Waals surface area contributed by atoms with Gasteiger partial charge in [-0.15, -0.1) is 5.10 Å². The van der Waals surface area contributed by atoms with Gasteiger partial charge in [0.05, 0.1) is 28.9 Å². The maximum atomic E-state index is 14.4. The molecule has 0 bridgehead atoms. The molecule has 0 aliphatic carbocycles. The summed E-state index contributed by atoms with van der Waals surface area (Å²) >= 11 is 6.33. The molecule has 4 rings (SSSR count). The number of amides is 2. The smallest absolute Gasteiger partial charge is 0.367 e. The summed E-state index contributed by atoms with van der Waals surface area (Å²) in [6, 6.07) is 11.9. The Kier molecular flexibility index (Phi) is 7.08. The fraction of sp³-hybridized carbons (Fsp3) is 0.261. The van der Waals surface area contributed by atoms with Gasteiger partial charge in [-0.1, -0.05) is 23.7 Å². The van der Waals surface area contributed by atoms with Crippen molar-refractivity contribution in [3.8, 4) is 16.9 Å². The van der Waals surface area contributed by atoms with Crippen molar-refractivity contribution < 1.29 is 31.9 Å². The Labute approximate surface area is 202 Å². The fourth-order valence-electron chi connectivity index (χ4n) is 3.64. The Hall–Kier alpha value is -3.44. The maximum absolute atomic E-state index is 14.4. The van der Waals surface area contributed by atoms with Crippen LogP contribution in [0.2, 0.25) is 5.02 Å². The number of benzene rings is 2. The standard InChI is InChI=1S/C23H19ClF4N4O3/c24-17-3-1-2-4-18(17)32-19(9-20(31-32)30-22(34)15-8-21(33)29-10-15)14-5-13(6-16(25)7-14)11-35-12-23(26,27)28/h1-7,9,15H,8,10-12H2,(H,29,33)(H,30,31,34)/t15-/m0/s1. The van der Waals surface area contributed by atoms with Gasteiger partial charge in [0.2, 0.25) is 11.8 Å². The highest BCUT2D eigenvalue weighted by Gasteiger charge is 2.29. The first kappa shape index (κ1) is 24.7. The van der Waals surface area contributed by atoms with Crippen molar-refractivity contribution in [2.24, 2.45) is 5.92 Å². The Morgan fingerprint density at radius 2 is 2.00 bits per heavy atom. The molecule has 1 atom stereocenters. The number of alkyl halides is 3. The largest absolute Gasteiger partial charge is 0.411 e. The van der Waals surface area contributed by atoms with Gasteiger partial charge < -0.3 is 15.4 Å². The van der Waals surface area contributed by atoms with E-state index in [1.807, 2.05) is 0 Å². The topological polar surface area (TPSA) is 85.2 Å². The van der Waals surface area contributed by atoms with E-state index in [9.17, 15) is 27.2 Å². The second kappa shape index (κ2) is 10.0. The van der Waals surface area contributed by atoms with E-state index in [2.05, 4.69) is 20.5 Å². The Balaban J connectivity index is 1.68. The van der Waals surface area contributed by atoms with Crippen LogP contribution in [-0.2, 0) is 20.9 Å². The lowest BCUT2D eigenvalue weighted by Crippen LogP contribution is -2.24. The molecule has 2 heterocycles. The number of hydrogen-bond donors (Lipinski definition) is 2. The average Bonchev–Trinajstić information content (AvgIpc) is 3.39. The van der Waals surface area contributed by atoms with Crippen molar-refractivity contribution in [2.75, 3.05) is 18.5 Å². The van der Waals surface area contributed by atoms with Crippen LogP contribution in [0, 0.1) is 11.7 Å². The number of hydrogen-bond acceptors (Lipinski definition) is 4. The van der Waals surface area contributed by atoms with Crippen molar-refractivity contribution in [3.63, 3.8) is 0 Å². The summed E-state index contributed by atoms with van der Waals surface area (Å²) < 4.78 is 57.7. The molecule has 1 aliphatic rings. The quantitative estimate of drug-likeness (QED) is 0.459. The van der Waals surface area contributed by atoms with Crippen LogP contribution in [0.4, 0.5) is 23.4 Å². The third-order valence-electron chi connectivity index (χ3n) is 5.18.